The van der Waals surface area contributed by atoms with Crippen LogP contribution in [0.2, 0.25) is 0 Å². The van der Waals surface area contributed by atoms with E-state index in [4.69, 9.17) is 0 Å². The molecular formula is C14H20N2. The van der Waals surface area contributed by atoms with Crippen molar-refractivity contribution in [1.82, 2.24) is 9.80 Å². The lowest BCUT2D eigenvalue weighted by Gasteiger charge is -2.30. The second-order valence-electron chi connectivity index (χ2n) is 4.39. The molecular weight excluding hydrogens is 196 g/mol. The van der Waals surface area contributed by atoms with Crippen LogP contribution in [0, 0.1) is 0 Å². The Bertz CT molecular complexity index is 345. The van der Waals surface area contributed by atoms with Crippen molar-refractivity contribution in [3.05, 3.63) is 48.3 Å². The standard InChI is InChI=1S/C14H20N2/c1-3-7-14-15(2)10-11-16(14)12-13-8-5-4-6-9-13/h4-6,8-11,14H,3,7,12H2,1-2H3. The van der Waals surface area contributed by atoms with E-state index in [1.54, 1.807) is 0 Å². The van der Waals surface area contributed by atoms with E-state index in [2.05, 4.69) is 66.5 Å². The molecule has 0 saturated carbocycles. The number of nitrogens with zero attached hydrogens (tertiary/aromatic N) is 2. The lowest BCUT2D eigenvalue weighted by atomic mass is 10.2. The summed E-state index contributed by atoms with van der Waals surface area (Å²) in [6, 6.07) is 10.7. The van der Waals surface area contributed by atoms with Crippen molar-refractivity contribution in [2.45, 2.75) is 32.5 Å². The molecule has 0 amide bonds. The Hall–Kier alpha value is -1.44. The monoisotopic (exact) mass is 216 g/mol. The fourth-order valence-corrected chi connectivity index (χ4v) is 2.20. The van der Waals surface area contributed by atoms with Crippen LogP contribution in [-0.4, -0.2) is 23.0 Å². The van der Waals surface area contributed by atoms with Crippen molar-refractivity contribution in [2.75, 3.05) is 7.05 Å². The number of hydrogen-bond acceptors (Lipinski definition) is 2. The summed E-state index contributed by atoms with van der Waals surface area (Å²) in [6.07, 6.45) is 7.35. The van der Waals surface area contributed by atoms with Crippen molar-refractivity contribution >= 4 is 0 Å². The predicted octanol–water partition coefficient (Wildman–Crippen LogP) is 3.03. The van der Waals surface area contributed by atoms with Gasteiger partial charge in [-0.2, -0.15) is 0 Å². The summed E-state index contributed by atoms with van der Waals surface area (Å²) in [7, 11) is 2.15. The molecule has 1 aromatic carbocycles. The second-order valence-corrected chi connectivity index (χ2v) is 4.39. The fourth-order valence-electron chi connectivity index (χ4n) is 2.20. The molecule has 1 aromatic rings. The summed E-state index contributed by atoms with van der Waals surface area (Å²) >= 11 is 0. The molecule has 16 heavy (non-hydrogen) atoms. The molecule has 1 aliphatic heterocycles. The summed E-state index contributed by atoms with van der Waals surface area (Å²) in [5.41, 5.74) is 1.38. The van der Waals surface area contributed by atoms with Crippen molar-refractivity contribution in [3.63, 3.8) is 0 Å². The molecule has 0 saturated heterocycles. The third-order valence-corrected chi connectivity index (χ3v) is 3.10. The van der Waals surface area contributed by atoms with Gasteiger partial charge < -0.3 is 9.80 Å². The Balaban J connectivity index is 2.01. The van der Waals surface area contributed by atoms with E-state index in [1.807, 2.05) is 0 Å². The summed E-state index contributed by atoms with van der Waals surface area (Å²) < 4.78 is 0. The summed E-state index contributed by atoms with van der Waals surface area (Å²) in [4.78, 5) is 4.71. The zero-order valence-corrected chi connectivity index (χ0v) is 10.1. The van der Waals surface area contributed by atoms with Gasteiger partial charge in [0.15, 0.2) is 0 Å². The maximum Gasteiger partial charge on any atom is 0.101 e. The fraction of sp³-hybridized carbons (Fsp3) is 0.429. The molecule has 0 aliphatic carbocycles. The lowest BCUT2D eigenvalue weighted by Crippen LogP contribution is -2.35. The SMILES string of the molecule is CCCC1N(C)C=CN1Cc1ccccc1. The van der Waals surface area contributed by atoms with Gasteiger partial charge >= 0.3 is 0 Å². The van der Waals surface area contributed by atoms with Crippen LogP contribution in [-0.2, 0) is 6.54 Å². The molecule has 0 bridgehead atoms. The van der Waals surface area contributed by atoms with Crippen LogP contribution < -0.4 is 0 Å². The van der Waals surface area contributed by atoms with Crippen LogP contribution in [0.4, 0.5) is 0 Å². The van der Waals surface area contributed by atoms with Crippen molar-refractivity contribution < 1.29 is 0 Å². The maximum atomic E-state index is 2.42. The molecule has 0 radical (unpaired) electrons. The smallest absolute Gasteiger partial charge is 0.101 e. The van der Waals surface area contributed by atoms with Gasteiger partial charge in [-0.05, 0) is 12.0 Å². The minimum atomic E-state index is 0.533. The summed E-state index contributed by atoms with van der Waals surface area (Å²) in [6.45, 7) is 3.25. The van der Waals surface area contributed by atoms with Crippen molar-refractivity contribution in [3.8, 4) is 0 Å². The van der Waals surface area contributed by atoms with E-state index < -0.39 is 0 Å². The van der Waals surface area contributed by atoms with Crippen molar-refractivity contribution in [1.29, 1.82) is 0 Å². The highest BCUT2D eigenvalue weighted by atomic mass is 15.4. The minimum absolute atomic E-state index is 0.533. The minimum Gasteiger partial charge on any atom is -0.359 e. The Labute approximate surface area is 98.2 Å². The topological polar surface area (TPSA) is 6.48 Å². The van der Waals surface area contributed by atoms with E-state index in [0.717, 1.165) is 6.54 Å². The first-order chi connectivity index (χ1) is 7.81. The van der Waals surface area contributed by atoms with Crippen LogP contribution in [0.15, 0.2) is 42.7 Å². The predicted molar refractivity (Wildman–Crippen MR) is 67.6 cm³/mol. The molecule has 2 heteroatoms. The van der Waals surface area contributed by atoms with Crippen LogP contribution in [0.5, 0.6) is 0 Å². The number of rotatable bonds is 4. The molecule has 0 spiro atoms. The van der Waals surface area contributed by atoms with Crippen molar-refractivity contribution in [2.24, 2.45) is 0 Å². The molecule has 2 rings (SSSR count). The van der Waals surface area contributed by atoms with Gasteiger partial charge in [-0.3, -0.25) is 0 Å². The Morgan fingerprint density at radius 1 is 1.12 bits per heavy atom. The van der Waals surface area contributed by atoms with Gasteiger partial charge in [-0.1, -0.05) is 43.7 Å². The number of benzene rings is 1. The van der Waals surface area contributed by atoms with Crippen LogP contribution >= 0.6 is 0 Å². The third-order valence-electron chi connectivity index (χ3n) is 3.10. The first kappa shape index (κ1) is 11.1. The molecule has 86 valence electrons. The van der Waals surface area contributed by atoms with E-state index in [-0.39, 0.29) is 0 Å². The molecule has 1 atom stereocenters. The van der Waals surface area contributed by atoms with E-state index in [0.29, 0.717) is 6.17 Å². The average Bonchev–Trinajstić information content (AvgIpc) is 2.64. The Morgan fingerprint density at radius 3 is 2.56 bits per heavy atom. The van der Waals surface area contributed by atoms with Gasteiger partial charge in [-0.25, -0.2) is 0 Å². The quantitative estimate of drug-likeness (QED) is 0.763. The van der Waals surface area contributed by atoms with Gasteiger partial charge in [-0.15, -0.1) is 0 Å². The van der Waals surface area contributed by atoms with Gasteiger partial charge in [0.2, 0.25) is 0 Å². The van der Waals surface area contributed by atoms with Gasteiger partial charge in [0.25, 0.3) is 0 Å². The lowest BCUT2D eigenvalue weighted by molar-refractivity contribution is 0.158. The first-order valence-electron chi connectivity index (χ1n) is 6.01. The maximum absolute atomic E-state index is 2.42. The highest BCUT2D eigenvalue weighted by molar-refractivity contribution is 5.15. The molecule has 1 unspecified atom stereocenters. The zero-order chi connectivity index (χ0) is 11.4. The largest absolute Gasteiger partial charge is 0.359 e. The first-order valence-corrected chi connectivity index (χ1v) is 6.01. The Morgan fingerprint density at radius 2 is 1.88 bits per heavy atom. The van der Waals surface area contributed by atoms with E-state index in [1.165, 1.54) is 18.4 Å². The van der Waals surface area contributed by atoms with E-state index >= 15 is 0 Å². The van der Waals surface area contributed by atoms with E-state index in [9.17, 15) is 0 Å². The van der Waals surface area contributed by atoms with Gasteiger partial charge in [0.1, 0.15) is 6.17 Å². The highest BCUT2D eigenvalue weighted by Gasteiger charge is 2.22. The van der Waals surface area contributed by atoms with Crippen LogP contribution in [0.1, 0.15) is 25.3 Å². The molecule has 2 nitrogen and oxygen atoms in total. The van der Waals surface area contributed by atoms with Crippen LogP contribution in [0.25, 0.3) is 0 Å². The molecule has 0 fully saturated rings. The normalized spacial score (nSPS) is 19.5. The Kier molecular flexibility index (Phi) is 3.50. The molecule has 1 aliphatic rings. The van der Waals surface area contributed by atoms with Gasteiger partial charge in [0, 0.05) is 26.0 Å². The van der Waals surface area contributed by atoms with Gasteiger partial charge in [0.05, 0.1) is 0 Å². The highest BCUT2D eigenvalue weighted by Crippen LogP contribution is 2.20. The molecule has 0 N–H and O–H groups in total. The molecule has 0 aromatic heterocycles. The zero-order valence-electron chi connectivity index (χ0n) is 10.1. The third kappa shape index (κ3) is 2.38. The second kappa shape index (κ2) is 5.06. The number of hydrogen-bond donors (Lipinski definition) is 0. The molecule has 1 heterocycles. The summed E-state index contributed by atoms with van der Waals surface area (Å²) in [5.74, 6) is 0. The summed E-state index contributed by atoms with van der Waals surface area (Å²) in [5, 5.41) is 0. The average molecular weight is 216 g/mol. The van der Waals surface area contributed by atoms with Crippen LogP contribution in [0.3, 0.4) is 0 Å².